The molecule has 0 aliphatic carbocycles. The zero-order valence-corrected chi connectivity index (χ0v) is 18.1. The fraction of sp³-hybridized carbons (Fsp3) is 0.400. The molecule has 0 amide bonds. The quantitative estimate of drug-likeness (QED) is 0.298. The number of rotatable bonds is 11. The molecule has 0 radical (unpaired) electrons. The molecule has 0 saturated heterocycles. The minimum Gasteiger partial charge on any atom is -0.492 e. The molecule has 2 rings (SSSR count). The van der Waals surface area contributed by atoms with Crippen LogP contribution >= 0.6 is 44.8 Å². The van der Waals surface area contributed by atoms with Crippen LogP contribution in [0.5, 0.6) is 11.5 Å². The molecule has 2 aromatic rings. The molecule has 2 aromatic carbocycles. The van der Waals surface area contributed by atoms with Crippen LogP contribution in [0, 0.1) is 0 Å². The third kappa shape index (κ3) is 7.15. The predicted octanol–water partition coefficient (Wildman–Crippen LogP) is 6.52. The highest BCUT2D eigenvalue weighted by Crippen LogP contribution is 2.45. The number of hydrogen-bond donors (Lipinski definition) is 0. The van der Waals surface area contributed by atoms with Gasteiger partial charge in [-0.15, -0.1) is 23.2 Å². The van der Waals surface area contributed by atoms with Gasteiger partial charge in [0.05, 0.1) is 9.49 Å². The van der Waals surface area contributed by atoms with Gasteiger partial charge in [-0.25, -0.2) is 0 Å². The van der Waals surface area contributed by atoms with Crippen LogP contribution in [0.25, 0.3) is 0 Å². The van der Waals surface area contributed by atoms with Crippen molar-refractivity contribution in [3.8, 4) is 11.5 Å². The summed E-state index contributed by atoms with van der Waals surface area (Å²) in [6.45, 7) is 5.26. The molecule has 0 N–H and O–H groups in total. The van der Waals surface area contributed by atoms with E-state index in [0.29, 0.717) is 25.0 Å². The number of alkyl halides is 2. The first-order valence-electron chi connectivity index (χ1n) is 8.33. The Kier molecular flexibility index (Phi) is 8.82. The SMILES string of the molecule is CC(CCl)(COc1ccccc1)SSC(C)(CCl)COc1ccccc1. The maximum Gasteiger partial charge on any atom is 0.119 e. The highest BCUT2D eigenvalue weighted by atomic mass is 35.5. The third-order valence-corrected chi connectivity index (χ3v) is 9.16. The van der Waals surface area contributed by atoms with Gasteiger partial charge in [0.25, 0.3) is 0 Å². The lowest BCUT2D eigenvalue weighted by Gasteiger charge is -2.32. The highest BCUT2D eigenvalue weighted by molar-refractivity contribution is 8.77. The van der Waals surface area contributed by atoms with Crippen molar-refractivity contribution in [3.05, 3.63) is 60.7 Å². The molecule has 2 atom stereocenters. The van der Waals surface area contributed by atoms with Crippen molar-refractivity contribution in [2.75, 3.05) is 25.0 Å². The van der Waals surface area contributed by atoms with Gasteiger partial charge >= 0.3 is 0 Å². The Morgan fingerprint density at radius 3 is 1.35 bits per heavy atom. The lowest BCUT2D eigenvalue weighted by atomic mass is 10.2. The summed E-state index contributed by atoms with van der Waals surface area (Å²) in [5.41, 5.74) is 0. The molecule has 26 heavy (non-hydrogen) atoms. The van der Waals surface area contributed by atoms with E-state index in [4.69, 9.17) is 32.7 Å². The number of halogens is 2. The zero-order chi connectivity index (χ0) is 18.9. The predicted molar refractivity (Wildman–Crippen MR) is 117 cm³/mol. The smallest absolute Gasteiger partial charge is 0.119 e. The first-order chi connectivity index (χ1) is 12.5. The summed E-state index contributed by atoms with van der Waals surface area (Å²) in [4.78, 5) is 0. The minimum atomic E-state index is -0.234. The first kappa shape index (κ1) is 21.6. The molecule has 2 nitrogen and oxygen atoms in total. The van der Waals surface area contributed by atoms with Crippen molar-refractivity contribution in [2.24, 2.45) is 0 Å². The van der Waals surface area contributed by atoms with Gasteiger partial charge in [-0.05, 0) is 38.1 Å². The second-order valence-corrected chi connectivity index (χ2v) is 10.4. The van der Waals surface area contributed by atoms with E-state index in [-0.39, 0.29) is 9.49 Å². The summed E-state index contributed by atoms with van der Waals surface area (Å²) in [5, 5.41) is 0. The molecular weight excluding hydrogens is 407 g/mol. The van der Waals surface area contributed by atoms with Crippen LogP contribution in [0.1, 0.15) is 13.8 Å². The van der Waals surface area contributed by atoms with E-state index in [1.54, 1.807) is 21.6 Å². The van der Waals surface area contributed by atoms with E-state index in [1.807, 2.05) is 60.7 Å². The molecule has 0 bridgehead atoms. The standard InChI is InChI=1S/C20H24Cl2O2S2/c1-19(13-21,15-23-17-9-5-3-6-10-17)25-26-20(2,14-22)16-24-18-11-7-4-8-12-18/h3-12H,13-16H2,1-2H3. The number of benzene rings is 2. The van der Waals surface area contributed by atoms with Crippen LogP contribution in [-0.4, -0.2) is 34.5 Å². The van der Waals surface area contributed by atoms with Crippen molar-refractivity contribution in [3.63, 3.8) is 0 Å². The van der Waals surface area contributed by atoms with Gasteiger partial charge in [-0.1, -0.05) is 58.0 Å². The van der Waals surface area contributed by atoms with Crippen LogP contribution in [0.15, 0.2) is 60.7 Å². The summed E-state index contributed by atoms with van der Waals surface area (Å²) in [7, 11) is 3.41. The Hall–Kier alpha value is -0.680. The van der Waals surface area contributed by atoms with Crippen LogP contribution < -0.4 is 9.47 Å². The molecule has 2 unspecified atom stereocenters. The van der Waals surface area contributed by atoms with E-state index in [9.17, 15) is 0 Å². The second kappa shape index (κ2) is 10.6. The molecule has 142 valence electrons. The van der Waals surface area contributed by atoms with Crippen molar-refractivity contribution >= 4 is 44.8 Å². The van der Waals surface area contributed by atoms with E-state index in [0.717, 1.165) is 11.5 Å². The Morgan fingerprint density at radius 1 is 0.692 bits per heavy atom. The summed E-state index contributed by atoms with van der Waals surface area (Å²) in [6.07, 6.45) is 0. The van der Waals surface area contributed by atoms with Gasteiger partial charge in [0.15, 0.2) is 0 Å². The van der Waals surface area contributed by atoms with Crippen LogP contribution in [0.3, 0.4) is 0 Å². The van der Waals surface area contributed by atoms with Gasteiger partial charge in [-0.3, -0.25) is 0 Å². The fourth-order valence-electron chi connectivity index (χ4n) is 1.88. The Bertz CT molecular complexity index is 587. The fourth-order valence-corrected chi connectivity index (χ4v) is 5.30. The van der Waals surface area contributed by atoms with E-state index in [2.05, 4.69) is 13.8 Å². The van der Waals surface area contributed by atoms with E-state index >= 15 is 0 Å². The normalized spacial score (nSPS) is 15.7. The molecule has 0 aromatic heterocycles. The molecular formula is C20H24Cl2O2S2. The van der Waals surface area contributed by atoms with Crippen molar-refractivity contribution in [1.82, 2.24) is 0 Å². The van der Waals surface area contributed by atoms with Crippen molar-refractivity contribution in [1.29, 1.82) is 0 Å². The molecule has 0 aliphatic heterocycles. The van der Waals surface area contributed by atoms with Gasteiger partial charge in [0.2, 0.25) is 0 Å². The topological polar surface area (TPSA) is 18.5 Å². The number of hydrogen-bond acceptors (Lipinski definition) is 4. The summed E-state index contributed by atoms with van der Waals surface area (Å²) in [6, 6.07) is 19.6. The summed E-state index contributed by atoms with van der Waals surface area (Å²) < 4.78 is 11.3. The van der Waals surface area contributed by atoms with E-state index in [1.165, 1.54) is 0 Å². The molecule has 0 saturated carbocycles. The Labute approximate surface area is 174 Å². The second-order valence-electron chi connectivity index (χ2n) is 6.54. The minimum absolute atomic E-state index is 0.234. The lowest BCUT2D eigenvalue weighted by molar-refractivity contribution is 0.288. The summed E-state index contributed by atoms with van der Waals surface area (Å²) in [5.74, 6) is 2.66. The van der Waals surface area contributed by atoms with Crippen LogP contribution in [0.2, 0.25) is 0 Å². The van der Waals surface area contributed by atoms with Gasteiger partial charge < -0.3 is 9.47 Å². The van der Waals surface area contributed by atoms with E-state index < -0.39 is 0 Å². The lowest BCUT2D eigenvalue weighted by Crippen LogP contribution is -2.34. The zero-order valence-electron chi connectivity index (χ0n) is 15.0. The van der Waals surface area contributed by atoms with Gasteiger partial charge in [-0.2, -0.15) is 0 Å². The molecule has 0 aliphatic rings. The van der Waals surface area contributed by atoms with Crippen LogP contribution in [0.4, 0.5) is 0 Å². The number of para-hydroxylation sites is 2. The monoisotopic (exact) mass is 430 g/mol. The van der Waals surface area contributed by atoms with Crippen molar-refractivity contribution < 1.29 is 9.47 Å². The average Bonchev–Trinajstić information content (AvgIpc) is 2.71. The molecule has 0 spiro atoms. The molecule has 0 fully saturated rings. The van der Waals surface area contributed by atoms with Gasteiger partial charge in [0.1, 0.15) is 24.7 Å². The largest absolute Gasteiger partial charge is 0.492 e. The average molecular weight is 431 g/mol. The maximum absolute atomic E-state index is 6.24. The summed E-state index contributed by atoms with van der Waals surface area (Å²) >= 11 is 12.5. The molecule has 6 heteroatoms. The van der Waals surface area contributed by atoms with Crippen LogP contribution in [-0.2, 0) is 0 Å². The van der Waals surface area contributed by atoms with Gasteiger partial charge in [0, 0.05) is 11.8 Å². The Morgan fingerprint density at radius 2 is 1.04 bits per heavy atom. The Balaban J connectivity index is 1.88. The maximum atomic E-state index is 6.24. The third-order valence-electron chi connectivity index (χ3n) is 3.58. The van der Waals surface area contributed by atoms with Crippen molar-refractivity contribution in [2.45, 2.75) is 23.3 Å². The highest BCUT2D eigenvalue weighted by Gasteiger charge is 2.33. The molecule has 0 heterocycles. The number of ether oxygens (including phenoxy) is 2. The first-order valence-corrected chi connectivity index (χ1v) is 11.5.